The van der Waals surface area contributed by atoms with Crippen molar-refractivity contribution < 1.29 is 5.11 Å². The molecule has 0 saturated carbocycles. The number of aromatic nitrogens is 1. The summed E-state index contributed by atoms with van der Waals surface area (Å²) in [5.74, 6) is 0.0905. The normalized spacial score (nSPS) is 11.7. The van der Waals surface area contributed by atoms with E-state index in [2.05, 4.69) is 31.8 Å². The number of rotatable bonds is 5. The summed E-state index contributed by atoms with van der Waals surface area (Å²) in [6, 6.07) is 7.30. The van der Waals surface area contributed by atoms with Crippen molar-refractivity contribution in [2.75, 3.05) is 0 Å². The Morgan fingerprint density at radius 2 is 1.91 bits per heavy atom. The van der Waals surface area contributed by atoms with Crippen LogP contribution in [0.4, 0.5) is 0 Å². The highest BCUT2D eigenvalue weighted by atomic mass is 16.3. The second kappa shape index (κ2) is 7.12. The van der Waals surface area contributed by atoms with Crippen molar-refractivity contribution in [1.29, 1.82) is 0 Å². The smallest absolute Gasteiger partial charge is 0.255 e. The van der Waals surface area contributed by atoms with Crippen LogP contribution in [0.15, 0.2) is 52.4 Å². The average molecular weight is 297 g/mol. The van der Waals surface area contributed by atoms with Crippen molar-refractivity contribution in [1.82, 2.24) is 4.98 Å². The van der Waals surface area contributed by atoms with Gasteiger partial charge in [-0.3, -0.25) is 4.79 Å². The summed E-state index contributed by atoms with van der Waals surface area (Å²) < 4.78 is 0. The van der Waals surface area contributed by atoms with E-state index in [0.29, 0.717) is 22.9 Å². The molecule has 0 radical (unpaired) electrons. The van der Waals surface area contributed by atoms with E-state index in [1.807, 2.05) is 24.3 Å². The van der Waals surface area contributed by atoms with Crippen molar-refractivity contribution in [3.63, 3.8) is 0 Å². The zero-order chi connectivity index (χ0) is 16.1. The van der Waals surface area contributed by atoms with Crippen molar-refractivity contribution in [2.24, 2.45) is 0 Å². The third-order valence-corrected chi connectivity index (χ3v) is 3.74. The molecule has 0 atom stereocenters. The summed E-state index contributed by atoms with van der Waals surface area (Å²) in [5.41, 5.74) is 3.42. The summed E-state index contributed by atoms with van der Waals surface area (Å²) in [7, 11) is 0. The minimum atomic E-state index is -0.218. The van der Waals surface area contributed by atoms with Crippen molar-refractivity contribution in [3.8, 4) is 5.75 Å². The summed E-state index contributed by atoms with van der Waals surface area (Å²) in [6.45, 7) is 6.24. The summed E-state index contributed by atoms with van der Waals surface area (Å²) >= 11 is 0. The number of fused-ring (bicyclic) bond motifs is 1. The van der Waals surface area contributed by atoms with Crippen LogP contribution >= 0.6 is 0 Å². The van der Waals surface area contributed by atoms with Crippen LogP contribution < -0.4 is 5.56 Å². The van der Waals surface area contributed by atoms with Crippen LogP contribution in [0.1, 0.15) is 39.2 Å². The number of aromatic amines is 1. The molecule has 0 aliphatic rings. The molecule has 3 nitrogen and oxygen atoms in total. The highest BCUT2D eigenvalue weighted by Crippen LogP contribution is 2.25. The zero-order valence-electron chi connectivity index (χ0n) is 13.4. The number of hydrogen-bond acceptors (Lipinski definition) is 2. The van der Waals surface area contributed by atoms with Crippen molar-refractivity contribution in [3.05, 3.63) is 63.5 Å². The van der Waals surface area contributed by atoms with Gasteiger partial charge in [-0.05, 0) is 52.2 Å². The minimum Gasteiger partial charge on any atom is -0.507 e. The van der Waals surface area contributed by atoms with E-state index >= 15 is 0 Å². The molecule has 1 aromatic heterocycles. The van der Waals surface area contributed by atoms with Crippen LogP contribution in [0.2, 0.25) is 0 Å². The molecule has 0 bridgehead atoms. The quantitative estimate of drug-likeness (QED) is 0.800. The molecule has 2 N–H and O–H groups in total. The molecule has 1 heterocycles. The second-order valence-electron chi connectivity index (χ2n) is 5.90. The molecular weight excluding hydrogens is 274 g/mol. The third kappa shape index (κ3) is 3.88. The maximum atomic E-state index is 12.1. The molecule has 116 valence electrons. The van der Waals surface area contributed by atoms with Gasteiger partial charge < -0.3 is 10.1 Å². The monoisotopic (exact) mass is 297 g/mol. The average Bonchev–Trinajstić information content (AvgIpc) is 2.46. The largest absolute Gasteiger partial charge is 0.507 e. The predicted molar refractivity (Wildman–Crippen MR) is 92.4 cm³/mol. The Hall–Kier alpha value is -2.29. The van der Waals surface area contributed by atoms with Crippen LogP contribution in [0, 0.1) is 0 Å². The van der Waals surface area contributed by atoms with Crippen LogP contribution in [-0.4, -0.2) is 10.1 Å². The number of aromatic hydroxyl groups is 1. The third-order valence-electron chi connectivity index (χ3n) is 3.74. The van der Waals surface area contributed by atoms with E-state index in [9.17, 15) is 9.90 Å². The first-order valence-electron chi connectivity index (χ1n) is 7.61. The first-order chi connectivity index (χ1) is 10.5. The molecule has 0 amide bonds. The second-order valence-corrected chi connectivity index (χ2v) is 5.90. The van der Waals surface area contributed by atoms with Crippen LogP contribution in [0.3, 0.4) is 0 Å². The lowest BCUT2D eigenvalue weighted by atomic mass is 10.0. The molecule has 0 aliphatic carbocycles. The topological polar surface area (TPSA) is 53.1 Å². The van der Waals surface area contributed by atoms with Crippen LogP contribution in [-0.2, 0) is 6.42 Å². The molecule has 2 rings (SSSR count). The van der Waals surface area contributed by atoms with Gasteiger partial charge in [-0.15, -0.1) is 0 Å². The van der Waals surface area contributed by atoms with Gasteiger partial charge in [0, 0.05) is 5.39 Å². The fraction of sp³-hybridized carbons (Fsp3) is 0.316. The van der Waals surface area contributed by atoms with Gasteiger partial charge >= 0.3 is 0 Å². The zero-order valence-corrected chi connectivity index (χ0v) is 13.4. The molecule has 2 aromatic rings. The summed E-state index contributed by atoms with van der Waals surface area (Å²) in [6.07, 6.45) is 6.66. The number of pyridine rings is 1. The molecular formula is C19H23NO2. The van der Waals surface area contributed by atoms with Gasteiger partial charge in [0.1, 0.15) is 5.75 Å². The Morgan fingerprint density at radius 3 is 2.64 bits per heavy atom. The van der Waals surface area contributed by atoms with E-state index in [0.717, 1.165) is 12.8 Å². The van der Waals surface area contributed by atoms with Gasteiger partial charge in [0.2, 0.25) is 0 Å². The lowest BCUT2D eigenvalue weighted by molar-refractivity contribution is 0.474. The summed E-state index contributed by atoms with van der Waals surface area (Å²) in [4.78, 5) is 14.9. The Balaban J connectivity index is 2.21. The van der Waals surface area contributed by atoms with Gasteiger partial charge in [0.25, 0.3) is 5.56 Å². The Morgan fingerprint density at radius 1 is 1.18 bits per heavy atom. The standard InChI is InChI=1S/C19H23NO2/c1-13(2)7-6-8-14(3)11-12-16-18(21)15-9-4-5-10-17(15)20-19(16)22/h4-5,7,9-11H,6,8,12H2,1-3H3,(H2,20,21,22). The number of hydrogen-bond donors (Lipinski definition) is 2. The van der Waals surface area contributed by atoms with Crippen LogP contribution in [0.25, 0.3) is 10.9 Å². The van der Waals surface area contributed by atoms with Gasteiger partial charge in [-0.2, -0.15) is 0 Å². The predicted octanol–water partition coefficient (Wildman–Crippen LogP) is 4.47. The number of nitrogens with one attached hydrogen (secondary N) is 1. The van der Waals surface area contributed by atoms with E-state index in [1.165, 1.54) is 11.1 Å². The van der Waals surface area contributed by atoms with Gasteiger partial charge in [-0.25, -0.2) is 0 Å². The molecule has 0 unspecified atom stereocenters. The number of benzene rings is 1. The van der Waals surface area contributed by atoms with Gasteiger partial charge in [0.05, 0.1) is 11.1 Å². The SMILES string of the molecule is CC(C)=CCCC(C)=CCc1c(O)c2ccccc2[nH]c1=O. The molecule has 3 heteroatoms. The van der Waals surface area contributed by atoms with E-state index in [-0.39, 0.29) is 11.3 Å². The number of H-pyrrole nitrogens is 1. The molecule has 0 spiro atoms. The highest BCUT2D eigenvalue weighted by molar-refractivity contribution is 5.85. The summed E-state index contributed by atoms with van der Waals surface area (Å²) in [5, 5.41) is 11.0. The molecule has 22 heavy (non-hydrogen) atoms. The van der Waals surface area contributed by atoms with Crippen LogP contribution in [0.5, 0.6) is 5.75 Å². The lowest BCUT2D eigenvalue weighted by Crippen LogP contribution is -2.12. The van der Waals surface area contributed by atoms with E-state index < -0.39 is 0 Å². The van der Waals surface area contributed by atoms with E-state index in [1.54, 1.807) is 6.07 Å². The Bertz CT molecular complexity index is 778. The highest BCUT2D eigenvalue weighted by Gasteiger charge is 2.10. The molecule has 1 aromatic carbocycles. The molecule has 0 saturated heterocycles. The first-order valence-corrected chi connectivity index (χ1v) is 7.61. The van der Waals surface area contributed by atoms with Crippen molar-refractivity contribution >= 4 is 10.9 Å². The number of allylic oxidation sites excluding steroid dienone is 4. The molecule has 0 aliphatic heterocycles. The molecule has 0 fully saturated rings. The fourth-order valence-electron chi connectivity index (χ4n) is 2.42. The maximum Gasteiger partial charge on any atom is 0.255 e. The maximum absolute atomic E-state index is 12.1. The fourth-order valence-corrected chi connectivity index (χ4v) is 2.42. The van der Waals surface area contributed by atoms with E-state index in [4.69, 9.17) is 0 Å². The van der Waals surface area contributed by atoms with Gasteiger partial charge in [-0.1, -0.05) is 35.4 Å². The minimum absolute atomic E-state index is 0.0905. The van der Waals surface area contributed by atoms with Crippen molar-refractivity contribution in [2.45, 2.75) is 40.0 Å². The van der Waals surface area contributed by atoms with Gasteiger partial charge in [0.15, 0.2) is 0 Å². The lowest BCUT2D eigenvalue weighted by Gasteiger charge is -2.06. The number of para-hydroxylation sites is 1. The first kappa shape index (κ1) is 16.1. The Labute approximate surface area is 131 Å². The Kier molecular flexibility index (Phi) is 5.21.